The first-order valence-corrected chi connectivity index (χ1v) is 5.99. The molecule has 3 heteroatoms. The highest BCUT2D eigenvalue weighted by Crippen LogP contribution is 2.46. The Labute approximate surface area is 108 Å². The lowest BCUT2D eigenvalue weighted by Gasteiger charge is -2.02. The van der Waals surface area contributed by atoms with Crippen LogP contribution in [0.15, 0.2) is 36.1 Å². The lowest BCUT2D eigenvalue weighted by Crippen LogP contribution is -2.04. The lowest BCUT2D eigenvalue weighted by atomic mass is 10.2. The summed E-state index contributed by atoms with van der Waals surface area (Å²) >= 11 is 0. The third-order valence-electron chi connectivity index (χ3n) is 3.37. The number of nitrogens with zero attached hydrogens (tertiary/aromatic N) is 2. The number of anilines is 1. The lowest BCUT2D eigenvalue weighted by molar-refractivity contribution is 0.690. The predicted octanol–water partition coefficient (Wildman–Crippen LogP) is 2.44. The first-order valence-electron chi connectivity index (χ1n) is 5.99. The smallest absolute Gasteiger partial charge is 0.108 e. The first-order chi connectivity index (χ1) is 8.55. The van der Waals surface area contributed by atoms with Gasteiger partial charge in [-0.15, -0.1) is 0 Å². The van der Waals surface area contributed by atoms with Gasteiger partial charge < -0.3 is 5.73 Å². The second kappa shape index (κ2) is 4.66. The fourth-order valence-electron chi connectivity index (χ4n) is 1.77. The summed E-state index contributed by atoms with van der Waals surface area (Å²) in [5.41, 5.74) is 7.90. The molecule has 1 aliphatic carbocycles. The largest absolute Gasteiger partial charge is 0.396 e. The van der Waals surface area contributed by atoms with E-state index in [2.05, 4.69) is 42.2 Å². The highest BCUT2D eigenvalue weighted by Gasteiger charge is 2.46. The Hall–Kier alpha value is -2.08. The molecule has 0 spiro atoms. The van der Waals surface area contributed by atoms with Crippen LogP contribution < -0.4 is 5.73 Å². The molecule has 1 aromatic rings. The molecule has 0 bridgehead atoms. The number of rotatable bonds is 2. The standard InChI is InChI=1S/C15H17N3/c1-4-13(18-15(3)9-11(15)2)6-5-12-7-8-17-10-14(12)16/h4,7-8,10-11H,1,9,16H2,2-3H3/b18-13+. The van der Waals surface area contributed by atoms with Crippen molar-refractivity contribution >= 4 is 11.4 Å². The minimum Gasteiger partial charge on any atom is -0.396 e. The molecule has 1 fully saturated rings. The van der Waals surface area contributed by atoms with Gasteiger partial charge in [0.1, 0.15) is 5.71 Å². The molecule has 18 heavy (non-hydrogen) atoms. The topological polar surface area (TPSA) is 51.3 Å². The van der Waals surface area contributed by atoms with Gasteiger partial charge in [0.05, 0.1) is 23.0 Å². The number of hydrogen-bond acceptors (Lipinski definition) is 3. The van der Waals surface area contributed by atoms with Crippen molar-refractivity contribution in [1.29, 1.82) is 0 Å². The van der Waals surface area contributed by atoms with E-state index < -0.39 is 0 Å². The van der Waals surface area contributed by atoms with Crippen LogP contribution in [0.2, 0.25) is 0 Å². The maximum Gasteiger partial charge on any atom is 0.108 e. The molecule has 0 amide bonds. The number of allylic oxidation sites excluding steroid dienone is 1. The zero-order chi connectivity index (χ0) is 13.2. The van der Waals surface area contributed by atoms with Crippen LogP contribution >= 0.6 is 0 Å². The van der Waals surface area contributed by atoms with E-state index in [1.54, 1.807) is 24.5 Å². The highest BCUT2D eigenvalue weighted by molar-refractivity contribution is 6.09. The molecular formula is C15H17N3. The molecule has 1 aromatic heterocycles. The van der Waals surface area contributed by atoms with Gasteiger partial charge in [-0.1, -0.05) is 19.4 Å². The zero-order valence-electron chi connectivity index (χ0n) is 10.8. The molecule has 0 aromatic carbocycles. The number of pyridine rings is 1. The summed E-state index contributed by atoms with van der Waals surface area (Å²) in [7, 11) is 0. The van der Waals surface area contributed by atoms with Crippen molar-refractivity contribution in [2.45, 2.75) is 25.8 Å². The van der Waals surface area contributed by atoms with Crippen LogP contribution in [0.3, 0.4) is 0 Å². The van der Waals surface area contributed by atoms with Gasteiger partial charge in [-0.2, -0.15) is 0 Å². The van der Waals surface area contributed by atoms with E-state index in [4.69, 9.17) is 5.73 Å². The van der Waals surface area contributed by atoms with Crippen LogP contribution in [0.5, 0.6) is 0 Å². The van der Waals surface area contributed by atoms with Crippen molar-refractivity contribution < 1.29 is 0 Å². The molecule has 1 aliphatic rings. The summed E-state index contributed by atoms with van der Waals surface area (Å²) in [6, 6.07) is 1.80. The highest BCUT2D eigenvalue weighted by atomic mass is 14.9. The van der Waals surface area contributed by atoms with Gasteiger partial charge in [0, 0.05) is 6.20 Å². The average Bonchev–Trinajstić information content (AvgIpc) is 2.94. The molecule has 2 N–H and O–H groups in total. The van der Waals surface area contributed by atoms with Crippen LogP contribution in [0.4, 0.5) is 5.69 Å². The van der Waals surface area contributed by atoms with Crippen LogP contribution in [-0.4, -0.2) is 16.2 Å². The summed E-state index contributed by atoms with van der Waals surface area (Å²) in [6.45, 7) is 8.09. The van der Waals surface area contributed by atoms with Crippen molar-refractivity contribution in [2.75, 3.05) is 5.73 Å². The number of aromatic nitrogens is 1. The van der Waals surface area contributed by atoms with Gasteiger partial charge in [0.2, 0.25) is 0 Å². The molecule has 92 valence electrons. The predicted molar refractivity (Wildman–Crippen MR) is 75.3 cm³/mol. The number of hydrogen-bond donors (Lipinski definition) is 1. The summed E-state index contributed by atoms with van der Waals surface area (Å²) in [6.07, 6.45) is 6.08. The molecule has 2 rings (SSSR count). The molecule has 1 heterocycles. The van der Waals surface area contributed by atoms with Crippen molar-refractivity contribution in [3.8, 4) is 11.8 Å². The van der Waals surface area contributed by atoms with Crippen molar-refractivity contribution in [3.63, 3.8) is 0 Å². The van der Waals surface area contributed by atoms with Gasteiger partial charge in [-0.05, 0) is 37.3 Å². The second-order valence-electron chi connectivity index (χ2n) is 4.88. The Morgan fingerprint density at radius 1 is 1.72 bits per heavy atom. The quantitative estimate of drug-likeness (QED) is 0.636. The van der Waals surface area contributed by atoms with Gasteiger partial charge in [0.25, 0.3) is 0 Å². The van der Waals surface area contributed by atoms with Crippen molar-refractivity contribution in [2.24, 2.45) is 10.9 Å². The van der Waals surface area contributed by atoms with Crippen molar-refractivity contribution in [3.05, 3.63) is 36.7 Å². The van der Waals surface area contributed by atoms with Gasteiger partial charge in [-0.25, -0.2) is 0 Å². The van der Waals surface area contributed by atoms with Crippen LogP contribution in [0.25, 0.3) is 0 Å². The SMILES string of the molecule is C=C/C(C#Cc1ccncc1N)=N\C1(C)CC1C. The monoisotopic (exact) mass is 239 g/mol. The summed E-state index contributed by atoms with van der Waals surface area (Å²) in [4.78, 5) is 8.56. The van der Waals surface area contributed by atoms with Crippen LogP contribution in [0, 0.1) is 17.8 Å². The van der Waals surface area contributed by atoms with Gasteiger partial charge in [0.15, 0.2) is 0 Å². The fourth-order valence-corrected chi connectivity index (χ4v) is 1.77. The minimum absolute atomic E-state index is 0.0436. The minimum atomic E-state index is 0.0436. The van der Waals surface area contributed by atoms with Gasteiger partial charge >= 0.3 is 0 Å². The molecule has 2 atom stereocenters. The third kappa shape index (κ3) is 2.60. The fraction of sp³-hybridized carbons (Fsp3) is 0.333. The Morgan fingerprint density at radius 2 is 2.44 bits per heavy atom. The molecule has 3 nitrogen and oxygen atoms in total. The molecule has 2 unspecified atom stereocenters. The van der Waals surface area contributed by atoms with E-state index in [1.807, 2.05) is 0 Å². The number of nitrogen functional groups attached to an aromatic ring is 1. The molecular weight excluding hydrogens is 222 g/mol. The summed E-state index contributed by atoms with van der Waals surface area (Å²) in [5, 5.41) is 0. The number of aliphatic imine (C=N–C) groups is 1. The van der Waals surface area contributed by atoms with Gasteiger partial charge in [-0.3, -0.25) is 9.98 Å². The van der Waals surface area contributed by atoms with Crippen molar-refractivity contribution in [1.82, 2.24) is 4.98 Å². The molecule has 1 saturated carbocycles. The molecule has 0 radical (unpaired) electrons. The van der Waals surface area contributed by atoms with Crippen LogP contribution in [0.1, 0.15) is 25.8 Å². The van der Waals surface area contributed by atoms with E-state index in [0.29, 0.717) is 11.6 Å². The van der Waals surface area contributed by atoms with E-state index in [-0.39, 0.29) is 5.54 Å². The average molecular weight is 239 g/mol. The van der Waals surface area contributed by atoms with E-state index >= 15 is 0 Å². The first kappa shape index (κ1) is 12.4. The number of nitrogens with two attached hydrogens (primary N) is 1. The Bertz CT molecular complexity index is 563. The van der Waals surface area contributed by atoms with E-state index in [9.17, 15) is 0 Å². The maximum atomic E-state index is 5.78. The normalized spacial score (nSPS) is 26.1. The Morgan fingerprint density at radius 3 is 3.00 bits per heavy atom. The summed E-state index contributed by atoms with van der Waals surface area (Å²) < 4.78 is 0. The van der Waals surface area contributed by atoms with Crippen LogP contribution in [-0.2, 0) is 0 Å². The Kier molecular flexibility index (Phi) is 3.20. The second-order valence-corrected chi connectivity index (χ2v) is 4.88. The van der Waals surface area contributed by atoms with E-state index in [1.165, 1.54) is 0 Å². The summed E-state index contributed by atoms with van der Waals surface area (Å²) in [5.74, 6) is 6.66. The zero-order valence-corrected chi connectivity index (χ0v) is 10.8. The molecule has 0 aliphatic heterocycles. The third-order valence-corrected chi connectivity index (χ3v) is 3.37. The maximum absolute atomic E-state index is 5.78. The Balaban J connectivity index is 2.23. The van der Waals surface area contributed by atoms with E-state index in [0.717, 1.165) is 17.7 Å². The molecule has 0 saturated heterocycles.